The minimum absolute atomic E-state index is 0.0706. The number of hydrogen-bond donors (Lipinski definition) is 3. The van der Waals surface area contributed by atoms with E-state index in [0.717, 1.165) is 6.92 Å². The van der Waals surface area contributed by atoms with Crippen LogP contribution in [0.15, 0.2) is 0 Å². The Morgan fingerprint density at radius 1 is 1.47 bits per heavy atom. The Hall–Kier alpha value is -0.770. The van der Waals surface area contributed by atoms with Crippen LogP contribution in [0.1, 0.15) is 20.8 Å². The molecule has 0 aromatic carbocycles. The Bertz CT molecular complexity index is 331. The molecule has 0 radical (unpaired) electrons. The number of fused-ring (bicyclic) bond motifs is 1. The van der Waals surface area contributed by atoms with E-state index in [-0.39, 0.29) is 19.3 Å². The van der Waals surface area contributed by atoms with E-state index in [1.165, 1.54) is 0 Å². The highest BCUT2D eigenvalue weighted by Gasteiger charge is 2.56. The SMILES string of the molecule is CC(=O)[O-].CC1(C)O[C@@H]2[C@@H](CO[C@](O)(C[NH3+])[C@H]2O)O1. The van der Waals surface area contributed by atoms with E-state index in [1.807, 2.05) is 0 Å². The Morgan fingerprint density at radius 2 is 2.00 bits per heavy atom. The molecule has 2 saturated heterocycles. The molecule has 2 aliphatic heterocycles. The van der Waals surface area contributed by atoms with E-state index < -0.39 is 29.8 Å². The number of aliphatic hydroxyl groups is 2. The smallest absolute Gasteiger partial charge is 0.245 e. The van der Waals surface area contributed by atoms with Crippen molar-refractivity contribution in [2.24, 2.45) is 0 Å². The molecule has 2 aliphatic rings. The zero-order valence-electron chi connectivity index (χ0n) is 11.3. The predicted octanol–water partition coefficient (Wildman–Crippen LogP) is -3.42. The number of carboxylic acid groups (broad SMARTS) is 1. The molecule has 0 aliphatic carbocycles. The normalized spacial score (nSPS) is 40.0. The molecule has 2 rings (SSSR count). The fourth-order valence-electron chi connectivity index (χ4n) is 2.05. The summed E-state index contributed by atoms with van der Waals surface area (Å²) < 4.78 is 16.2. The van der Waals surface area contributed by atoms with E-state index in [0.29, 0.717) is 0 Å². The number of ether oxygens (including phenoxy) is 3. The minimum atomic E-state index is -1.62. The fourth-order valence-corrected chi connectivity index (χ4v) is 2.05. The molecule has 8 heteroatoms. The van der Waals surface area contributed by atoms with Gasteiger partial charge in [0.15, 0.2) is 5.79 Å². The van der Waals surface area contributed by atoms with Crippen LogP contribution in [0.2, 0.25) is 0 Å². The van der Waals surface area contributed by atoms with Gasteiger partial charge in [-0.2, -0.15) is 0 Å². The molecule has 112 valence electrons. The fraction of sp³-hybridized carbons (Fsp3) is 0.909. The summed E-state index contributed by atoms with van der Waals surface area (Å²) in [6, 6.07) is 0. The van der Waals surface area contributed by atoms with Crippen molar-refractivity contribution in [2.45, 2.75) is 50.7 Å². The van der Waals surface area contributed by atoms with Gasteiger partial charge in [0.05, 0.1) is 6.61 Å². The average molecular weight is 279 g/mol. The van der Waals surface area contributed by atoms with Gasteiger partial charge in [-0.05, 0) is 20.8 Å². The minimum Gasteiger partial charge on any atom is -0.550 e. The number of aliphatic hydroxyl groups excluding tert-OH is 1. The van der Waals surface area contributed by atoms with Gasteiger partial charge in [0.25, 0.3) is 0 Å². The zero-order valence-corrected chi connectivity index (χ0v) is 11.3. The molecule has 0 saturated carbocycles. The molecule has 2 heterocycles. The van der Waals surface area contributed by atoms with Crippen LogP contribution >= 0.6 is 0 Å². The molecule has 0 spiro atoms. The maximum atomic E-state index is 9.91. The van der Waals surface area contributed by atoms with Crippen molar-refractivity contribution in [3.63, 3.8) is 0 Å². The molecule has 4 atom stereocenters. The maximum absolute atomic E-state index is 9.91. The third-order valence-electron chi connectivity index (χ3n) is 2.85. The molecule has 19 heavy (non-hydrogen) atoms. The number of aliphatic carboxylic acids is 1. The first-order chi connectivity index (χ1) is 8.61. The summed E-state index contributed by atoms with van der Waals surface area (Å²) in [4.78, 5) is 8.89. The van der Waals surface area contributed by atoms with Crippen LogP contribution in [0.5, 0.6) is 0 Å². The van der Waals surface area contributed by atoms with Gasteiger partial charge in [-0.3, -0.25) is 0 Å². The van der Waals surface area contributed by atoms with Crippen molar-refractivity contribution in [2.75, 3.05) is 13.2 Å². The molecule has 0 aromatic heterocycles. The van der Waals surface area contributed by atoms with Gasteiger partial charge >= 0.3 is 0 Å². The molecular formula is C11H21NO7. The first-order valence-electron chi connectivity index (χ1n) is 5.98. The maximum Gasteiger partial charge on any atom is 0.245 e. The van der Waals surface area contributed by atoms with Gasteiger partial charge in [0, 0.05) is 5.97 Å². The summed E-state index contributed by atoms with van der Waals surface area (Å²) in [6.45, 7) is 4.78. The van der Waals surface area contributed by atoms with Gasteiger partial charge in [-0.1, -0.05) is 0 Å². The largest absolute Gasteiger partial charge is 0.550 e. The zero-order chi connectivity index (χ0) is 14.8. The Labute approximate surface area is 111 Å². The Balaban J connectivity index is 0.000000399. The average Bonchev–Trinajstić information content (AvgIpc) is 2.59. The van der Waals surface area contributed by atoms with Gasteiger partial charge in [0.1, 0.15) is 24.9 Å². The highest BCUT2D eigenvalue weighted by Crippen LogP contribution is 2.36. The number of quaternary nitrogens is 1. The van der Waals surface area contributed by atoms with Crippen LogP contribution in [0.25, 0.3) is 0 Å². The number of carbonyl (C=O) groups is 1. The van der Waals surface area contributed by atoms with Crippen molar-refractivity contribution in [1.82, 2.24) is 0 Å². The molecule has 0 aromatic rings. The lowest BCUT2D eigenvalue weighted by atomic mass is 9.97. The second-order valence-electron chi connectivity index (χ2n) is 4.98. The van der Waals surface area contributed by atoms with Crippen molar-refractivity contribution in [3.8, 4) is 0 Å². The summed E-state index contributed by atoms with van der Waals surface area (Å²) in [7, 11) is 0. The summed E-state index contributed by atoms with van der Waals surface area (Å²) in [5, 5.41) is 28.7. The monoisotopic (exact) mass is 279 g/mol. The molecule has 0 unspecified atom stereocenters. The summed E-state index contributed by atoms with van der Waals surface area (Å²) >= 11 is 0. The highest BCUT2D eigenvalue weighted by atomic mass is 16.8. The number of rotatable bonds is 1. The first-order valence-corrected chi connectivity index (χ1v) is 5.98. The summed E-state index contributed by atoms with van der Waals surface area (Å²) in [5.74, 6) is -3.45. The van der Waals surface area contributed by atoms with Crippen LogP contribution in [0.3, 0.4) is 0 Å². The van der Waals surface area contributed by atoms with Gasteiger partial charge in [-0.25, -0.2) is 0 Å². The molecule has 0 bridgehead atoms. The summed E-state index contributed by atoms with van der Waals surface area (Å²) in [5.41, 5.74) is 3.55. The molecule has 0 amide bonds. The van der Waals surface area contributed by atoms with E-state index in [2.05, 4.69) is 5.73 Å². The molecule has 8 nitrogen and oxygen atoms in total. The predicted molar refractivity (Wildman–Crippen MR) is 59.2 cm³/mol. The topological polar surface area (TPSA) is 136 Å². The van der Waals surface area contributed by atoms with E-state index in [1.54, 1.807) is 13.8 Å². The van der Waals surface area contributed by atoms with Gasteiger partial charge in [0.2, 0.25) is 5.79 Å². The van der Waals surface area contributed by atoms with Gasteiger partial charge < -0.3 is 40.1 Å². The Kier molecular flexibility index (Phi) is 4.88. The number of carboxylic acids is 1. The van der Waals surface area contributed by atoms with Gasteiger partial charge in [-0.15, -0.1) is 0 Å². The van der Waals surface area contributed by atoms with Crippen LogP contribution in [-0.4, -0.2) is 59.2 Å². The third kappa shape index (κ3) is 3.85. The molecule has 5 N–H and O–H groups in total. The number of hydrogen-bond acceptors (Lipinski definition) is 7. The lowest BCUT2D eigenvalue weighted by Crippen LogP contribution is -2.71. The Morgan fingerprint density at radius 3 is 2.47 bits per heavy atom. The quantitative estimate of drug-likeness (QED) is 0.455. The van der Waals surface area contributed by atoms with Crippen LogP contribution < -0.4 is 10.8 Å². The van der Waals surface area contributed by atoms with Crippen molar-refractivity contribution in [1.29, 1.82) is 0 Å². The summed E-state index contributed by atoms with van der Waals surface area (Å²) in [6.07, 6.45) is -2.02. The second kappa shape index (κ2) is 5.70. The van der Waals surface area contributed by atoms with E-state index in [4.69, 9.17) is 24.1 Å². The molecular weight excluding hydrogens is 258 g/mol. The second-order valence-corrected chi connectivity index (χ2v) is 4.98. The number of carbonyl (C=O) groups excluding carboxylic acids is 1. The van der Waals surface area contributed by atoms with Crippen molar-refractivity contribution < 1.29 is 40.1 Å². The van der Waals surface area contributed by atoms with E-state index in [9.17, 15) is 10.2 Å². The third-order valence-corrected chi connectivity index (χ3v) is 2.85. The highest BCUT2D eigenvalue weighted by molar-refractivity contribution is 5.60. The van der Waals surface area contributed by atoms with Crippen LogP contribution in [0, 0.1) is 0 Å². The van der Waals surface area contributed by atoms with Crippen molar-refractivity contribution in [3.05, 3.63) is 0 Å². The van der Waals surface area contributed by atoms with Crippen LogP contribution in [-0.2, 0) is 19.0 Å². The lowest BCUT2D eigenvalue weighted by Gasteiger charge is -2.39. The van der Waals surface area contributed by atoms with Crippen molar-refractivity contribution >= 4 is 5.97 Å². The lowest BCUT2D eigenvalue weighted by molar-refractivity contribution is -0.457. The first kappa shape index (κ1) is 16.3. The van der Waals surface area contributed by atoms with Crippen LogP contribution in [0.4, 0.5) is 0 Å². The standard InChI is InChI=1S/C9H17NO5.C2H4O2/c1-8(2)14-5-3-13-9(12,4-10)7(11)6(5)15-8;1-2(3)4/h5-7,11-12H,3-4,10H2,1-2H3;1H3,(H,3,4)/t5-,6-,7+,9-;/m1./s1. The van der Waals surface area contributed by atoms with E-state index >= 15 is 0 Å². The molecule has 2 fully saturated rings.